The molecule has 0 bridgehead atoms. The molecular formula is C20H14AgO6S2-2. The van der Waals surface area contributed by atoms with Gasteiger partial charge in [-0.1, -0.05) is 72.8 Å². The molecule has 0 saturated heterocycles. The fraction of sp³-hybridized carbons (Fsp3) is 0. The molecule has 0 N–H and O–H groups in total. The maximum absolute atomic E-state index is 10.9. The number of hydrogen-bond acceptors (Lipinski definition) is 6. The van der Waals surface area contributed by atoms with E-state index < -0.39 is 20.2 Å². The van der Waals surface area contributed by atoms with Crippen molar-refractivity contribution < 1.29 is 48.3 Å². The van der Waals surface area contributed by atoms with Gasteiger partial charge < -0.3 is 9.11 Å². The predicted molar refractivity (Wildman–Crippen MR) is 104 cm³/mol. The largest absolute Gasteiger partial charge is 0.744 e. The van der Waals surface area contributed by atoms with Crippen molar-refractivity contribution in [3.05, 3.63) is 84.9 Å². The average molecular weight is 522 g/mol. The molecule has 4 aromatic rings. The Kier molecular flexibility index (Phi) is 7.36. The summed E-state index contributed by atoms with van der Waals surface area (Å²) in [5, 5.41) is 2.46. The monoisotopic (exact) mass is 521 g/mol. The van der Waals surface area contributed by atoms with Gasteiger partial charge >= 0.3 is 0 Å². The molecule has 0 heterocycles. The minimum Gasteiger partial charge on any atom is -0.744 e. The Morgan fingerprint density at radius 3 is 1.14 bits per heavy atom. The third-order valence-corrected chi connectivity index (χ3v) is 5.83. The second kappa shape index (κ2) is 9.19. The molecule has 0 aliphatic carbocycles. The first-order chi connectivity index (χ1) is 13.2. The molecule has 4 aromatic carbocycles. The number of fused-ring (bicyclic) bond motifs is 2. The molecule has 0 aromatic heterocycles. The van der Waals surface area contributed by atoms with E-state index in [9.17, 15) is 25.9 Å². The Hall–Kier alpha value is -2.04. The van der Waals surface area contributed by atoms with Crippen LogP contribution in [0, 0.1) is 0 Å². The van der Waals surface area contributed by atoms with E-state index in [2.05, 4.69) is 0 Å². The van der Waals surface area contributed by atoms with Crippen LogP contribution in [0.25, 0.3) is 21.5 Å². The quantitative estimate of drug-likeness (QED) is 0.294. The van der Waals surface area contributed by atoms with E-state index in [4.69, 9.17) is 0 Å². The van der Waals surface area contributed by atoms with Gasteiger partial charge in [0.2, 0.25) is 0 Å². The van der Waals surface area contributed by atoms with Gasteiger partial charge in [0.25, 0.3) is 0 Å². The Labute approximate surface area is 184 Å². The molecule has 29 heavy (non-hydrogen) atoms. The average Bonchev–Trinajstić information content (AvgIpc) is 2.66. The zero-order valence-corrected chi connectivity index (χ0v) is 17.8. The number of rotatable bonds is 2. The van der Waals surface area contributed by atoms with Crippen LogP contribution in [0.5, 0.6) is 0 Å². The summed E-state index contributed by atoms with van der Waals surface area (Å²) >= 11 is 0. The first kappa shape index (κ1) is 23.2. The Bertz CT molecular complexity index is 1250. The van der Waals surface area contributed by atoms with Gasteiger partial charge in [0.05, 0.1) is 9.79 Å². The van der Waals surface area contributed by atoms with Crippen molar-refractivity contribution in [3.8, 4) is 0 Å². The molecule has 0 saturated carbocycles. The van der Waals surface area contributed by atoms with Crippen molar-refractivity contribution in [2.45, 2.75) is 9.79 Å². The van der Waals surface area contributed by atoms with Crippen LogP contribution in [0.4, 0.5) is 0 Å². The van der Waals surface area contributed by atoms with Crippen LogP contribution >= 0.6 is 0 Å². The summed E-state index contributed by atoms with van der Waals surface area (Å²) in [6.45, 7) is 0. The van der Waals surface area contributed by atoms with Gasteiger partial charge in [-0.15, -0.1) is 0 Å². The predicted octanol–water partition coefficient (Wildman–Crippen LogP) is 3.49. The van der Waals surface area contributed by atoms with Crippen molar-refractivity contribution >= 4 is 41.8 Å². The van der Waals surface area contributed by atoms with Crippen LogP contribution in [0.2, 0.25) is 0 Å². The smallest absolute Gasteiger partial charge is 0.125 e. The second-order valence-electron chi connectivity index (χ2n) is 5.86. The molecule has 0 fully saturated rings. The number of benzene rings is 4. The fourth-order valence-electron chi connectivity index (χ4n) is 2.83. The molecular weight excluding hydrogens is 508 g/mol. The molecule has 0 aliphatic rings. The second-order valence-corrected chi connectivity index (χ2v) is 8.56. The maximum atomic E-state index is 10.9. The van der Waals surface area contributed by atoms with E-state index in [-0.39, 0.29) is 32.2 Å². The van der Waals surface area contributed by atoms with Crippen LogP contribution in [0.15, 0.2) is 94.7 Å². The van der Waals surface area contributed by atoms with Gasteiger partial charge in [-0.05, 0) is 33.7 Å². The maximum Gasteiger partial charge on any atom is 0.125 e. The molecule has 155 valence electrons. The molecule has 0 spiro atoms. The van der Waals surface area contributed by atoms with Crippen LogP contribution in [-0.2, 0) is 42.6 Å². The fourth-order valence-corrected chi connectivity index (χ4v) is 4.23. The summed E-state index contributed by atoms with van der Waals surface area (Å²) in [5.41, 5.74) is 0. The van der Waals surface area contributed by atoms with Gasteiger partial charge in [-0.2, -0.15) is 0 Å². The van der Waals surface area contributed by atoms with Crippen LogP contribution in [0.1, 0.15) is 0 Å². The minimum atomic E-state index is -4.38. The molecule has 6 nitrogen and oxygen atoms in total. The topological polar surface area (TPSA) is 114 Å². The molecule has 0 unspecified atom stereocenters. The van der Waals surface area contributed by atoms with Gasteiger partial charge in [0.15, 0.2) is 0 Å². The van der Waals surface area contributed by atoms with Gasteiger partial charge in [0, 0.05) is 22.4 Å². The molecule has 0 atom stereocenters. The zero-order chi connectivity index (χ0) is 20.4. The third-order valence-electron chi connectivity index (χ3n) is 4.04. The van der Waals surface area contributed by atoms with Crippen molar-refractivity contribution in [1.29, 1.82) is 0 Å². The van der Waals surface area contributed by atoms with E-state index in [1.54, 1.807) is 72.8 Å². The standard InChI is InChI=1S/2C10H8O3S.Ag/c2*11-14(12,13)10-7-3-5-8-4-1-2-6-9(8)10;/h2*1-7H,(H,11,12,13);/p-2. The molecule has 9 heteroatoms. The molecule has 0 amide bonds. The van der Waals surface area contributed by atoms with Crippen LogP contribution in [0.3, 0.4) is 0 Å². The van der Waals surface area contributed by atoms with E-state index >= 15 is 0 Å². The van der Waals surface area contributed by atoms with Crippen molar-refractivity contribution in [2.24, 2.45) is 0 Å². The summed E-state index contributed by atoms with van der Waals surface area (Å²) in [6.07, 6.45) is 0. The Balaban J connectivity index is 0.000000200. The van der Waals surface area contributed by atoms with E-state index in [0.717, 1.165) is 10.8 Å². The molecule has 1 radical (unpaired) electrons. The summed E-state index contributed by atoms with van der Waals surface area (Å²) in [4.78, 5) is -0.314. The van der Waals surface area contributed by atoms with Gasteiger partial charge in [-0.25, -0.2) is 16.8 Å². The van der Waals surface area contributed by atoms with Gasteiger partial charge in [0.1, 0.15) is 20.2 Å². The first-order valence-corrected chi connectivity index (χ1v) is 10.9. The summed E-state index contributed by atoms with van der Waals surface area (Å²) in [7, 11) is -8.76. The van der Waals surface area contributed by atoms with Crippen LogP contribution < -0.4 is 0 Å². The Morgan fingerprint density at radius 1 is 0.483 bits per heavy atom. The normalized spacial score (nSPS) is 11.4. The minimum absolute atomic E-state index is 0. The molecule has 4 rings (SSSR count). The van der Waals surface area contributed by atoms with E-state index in [1.807, 2.05) is 0 Å². The Morgan fingerprint density at radius 2 is 0.793 bits per heavy atom. The van der Waals surface area contributed by atoms with Crippen molar-refractivity contribution in [3.63, 3.8) is 0 Å². The van der Waals surface area contributed by atoms with E-state index in [1.165, 1.54) is 12.1 Å². The third kappa shape index (κ3) is 5.52. The van der Waals surface area contributed by atoms with Crippen molar-refractivity contribution in [1.82, 2.24) is 0 Å². The van der Waals surface area contributed by atoms with E-state index in [0.29, 0.717) is 10.8 Å². The summed E-state index contributed by atoms with van der Waals surface area (Å²) in [5.74, 6) is 0. The SMILES string of the molecule is O=S(=O)([O-])c1cccc2ccccc12.O=S(=O)([O-])c1cccc2ccccc12.[Ag]. The summed E-state index contributed by atoms with van der Waals surface area (Å²) in [6, 6.07) is 23.1. The summed E-state index contributed by atoms with van der Waals surface area (Å²) < 4.78 is 65.3. The number of hydrogen-bond donors (Lipinski definition) is 0. The molecule has 0 aliphatic heterocycles. The zero-order valence-electron chi connectivity index (χ0n) is 14.7. The van der Waals surface area contributed by atoms with Crippen LogP contribution in [-0.4, -0.2) is 25.9 Å². The van der Waals surface area contributed by atoms with Gasteiger partial charge in [-0.3, -0.25) is 0 Å². The van der Waals surface area contributed by atoms with Crippen molar-refractivity contribution in [2.75, 3.05) is 0 Å². The first-order valence-electron chi connectivity index (χ1n) is 8.05.